The van der Waals surface area contributed by atoms with Crippen molar-refractivity contribution in [2.75, 3.05) is 0 Å². The summed E-state index contributed by atoms with van der Waals surface area (Å²) in [7, 11) is 0. The molecule has 0 bridgehead atoms. The predicted octanol–water partition coefficient (Wildman–Crippen LogP) is 9.64. The van der Waals surface area contributed by atoms with Gasteiger partial charge >= 0.3 is 0 Å². The van der Waals surface area contributed by atoms with E-state index in [2.05, 4.69) is 15.0 Å². The Bertz CT molecular complexity index is 3020. The Kier molecular flexibility index (Phi) is 3.07. The van der Waals surface area contributed by atoms with Gasteiger partial charge in [0.2, 0.25) is 0 Å². The maximum absolute atomic E-state index is 9.04. The van der Waals surface area contributed by atoms with E-state index in [1.54, 1.807) is 42.5 Å². The summed E-state index contributed by atoms with van der Waals surface area (Å²) in [5.74, 6) is -1.34. The van der Waals surface area contributed by atoms with Crippen molar-refractivity contribution in [3.63, 3.8) is 0 Å². The van der Waals surface area contributed by atoms with E-state index in [0.717, 1.165) is 0 Å². The largest absolute Gasteiger partial charge is 0.309 e. The van der Waals surface area contributed by atoms with E-state index in [9.17, 15) is 0 Å². The minimum Gasteiger partial charge on any atom is -0.309 e. The van der Waals surface area contributed by atoms with Crippen LogP contribution in [0.1, 0.15) is 24.7 Å². The number of rotatable bonds is 5. The number of hydrogen-bond acceptors (Lipinski definition) is 3. The number of nitrogens with zero attached hydrogens (tertiary/aromatic N) is 4. The second-order valence-corrected chi connectivity index (χ2v) is 9.22. The Balaban J connectivity index is 1.56. The zero-order chi connectivity index (χ0) is 44.3. The van der Waals surface area contributed by atoms with Gasteiger partial charge in [-0.25, -0.2) is 15.0 Å². The lowest BCUT2D eigenvalue weighted by Crippen LogP contribution is -2.01. The van der Waals surface area contributed by atoms with Crippen molar-refractivity contribution in [3.8, 4) is 51.0 Å². The van der Waals surface area contributed by atoms with Crippen molar-refractivity contribution >= 4 is 21.8 Å². The Morgan fingerprint density at radius 3 is 1.44 bits per heavy atom. The lowest BCUT2D eigenvalue weighted by molar-refractivity contribution is 1.07. The molecule has 0 amide bonds. The fraction of sp³-hybridized carbons (Fsp3) is 0. The zero-order valence-corrected chi connectivity index (χ0v) is 21.9. The van der Waals surface area contributed by atoms with E-state index in [-0.39, 0.29) is 38.9 Å². The monoisotopic (exact) mass is 568 g/mol. The molecule has 0 unspecified atom stereocenters. The van der Waals surface area contributed by atoms with Gasteiger partial charge in [0.15, 0.2) is 17.5 Å². The van der Waals surface area contributed by atoms with Gasteiger partial charge in [0, 0.05) is 33.2 Å². The number of fused-ring (bicyclic) bond motifs is 3. The molecule has 43 heavy (non-hydrogen) atoms. The lowest BCUT2D eigenvalue weighted by Gasteiger charge is -2.14. The summed E-state index contributed by atoms with van der Waals surface area (Å²) < 4.78 is 156. The van der Waals surface area contributed by atoms with Gasteiger partial charge in [-0.15, -0.1) is 0 Å². The summed E-state index contributed by atoms with van der Waals surface area (Å²) in [5.41, 5.74) is -0.189. The van der Waals surface area contributed by atoms with Gasteiger partial charge in [-0.05, 0) is 41.4 Å². The quantitative estimate of drug-likeness (QED) is 0.208. The summed E-state index contributed by atoms with van der Waals surface area (Å²) in [5, 5.41) is -0.349. The molecule has 0 atom stereocenters. The molecule has 0 aliphatic heterocycles. The zero-order valence-electron chi connectivity index (χ0n) is 39.9. The third-order valence-electron chi connectivity index (χ3n) is 6.66. The standard InChI is InChI=1S/C39H26N4/c1-4-14-27(15-5-1)30-24-31(26-32(25-30)43-35-22-12-10-20-33(35)34-21-11-13-23-36(34)43)39-41-37(28-16-6-2-7-17-28)40-38(42-39)29-18-8-3-9-19-29/h1-26H/i2D,3D,6D,7D,8D,9D,10D,11D,12D,13D,16D,17D,18D,19D,20D,21D,22D,23D. The van der Waals surface area contributed by atoms with Crippen LogP contribution in [0.2, 0.25) is 0 Å². The first-order chi connectivity index (χ1) is 28.8. The van der Waals surface area contributed by atoms with Gasteiger partial charge in [-0.2, -0.15) is 0 Å². The van der Waals surface area contributed by atoms with Crippen molar-refractivity contribution in [1.29, 1.82) is 0 Å². The molecular weight excluding hydrogens is 524 g/mol. The third kappa shape index (κ3) is 4.55. The predicted molar refractivity (Wildman–Crippen MR) is 176 cm³/mol. The third-order valence-corrected chi connectivity index (χ3v) is 6.66. The topological polar surface area (TPSA) is 43.6 Å². The number of hydrogen-bond donors (Lipinski definition) is 0. The minimum atomic E-state index is -0.726. The number of aromatic nitrogens is 4. The van der Waals surface area contributed by atoms with Crippen LogP contribution in [0.5, 0.6) is 0 Å². The summed E-state index contributed by atoms with van der Waals surface area (Å²) in [4.78, 5) is 13.5. The first kappa shape index (κ1) is 12.6. The average molecular weight is 569 g/mol. The van der Waals surface area contributed by atoms with Crippen LogP contribution in [0.25, 0.3) is 72.8 Å². The molecule has 202 valence electrons. The highest BCUT2D eigenvalue weighted by Crippen LogP contribution is 2.36. The molecule has 0 saturated heterocycles. The molecule has 4 nitrogen and oxygen atoms in total. The minimum absolute atomic E-state index is 0.0673. The normalized spacial score (nSPS) is 17.1. The second-order valence-electron chi connectivity index (χ2n) is 9.22. The van der Waals surface area contributed by atoms with Crippen LogP contribution >= 0.6 is 0 Å². The van der Waals surface area contributed by atoms with Crippen LogP contribution in [0.15, 0.2) is 157 Å². The SMILES string of the molecule is [2H]c1c([2H])c([2H])c(-c2nc(-c3cc(-c4ccccc4)cc(-n4c5c([2H])c([2H])c([2H])c([2H])c5c5c([2H])c([2H])c([2H])c([2H])c54)c3)nc(-c3c([2H])c([2H])c([2H])c([2H])c3[2H])n2)c([2H])c1[2H]. The van der Waals surface area contributed by atoms with Crippen LogP contribution in [0.3, 0.4) is 0 Å². The van der Waals surface area contributed by atoms with Crippen LogP contribution in [0.4, 0.5) is 0 Å². The fourth-order valence-electron chi connectivity index (χ4n) is 4.80. The maximum Gasteiger partial charge on any atom is 0.164 e. The molecule has 0 saturated carbocycles. The Labute approximate surface area is 274 Å². The van der Waals surface area contributed by atoms with Gasteiger partial charge < -0.3 is 4.57 Å². The maximum atomic E-state index is 9.04. The van der Waals surface area contributed by atoms with E-state index in [4.69, 9.17) is 24.7 Å². The second kappa shape index (κ2) is 10.5. The van der Waals surface area contributed by atoms with Crippen molar-refractivity contribution < 1.29 is 24.7 Å². The van der Waals surface area contributed by atoms with E-state index in [1.807, 2.05) is 0 Å². The Morgan fingerprint density at radius 1 is 0.419 bits per heavy atom. The first-order valence-corrected chi connectivity index (χ1v) is 12.9. The molecule has 2 aromatic heterocycles. The number of benzene rings is 6. The first-order valence-electron chi connectivity index (χ1n) is 21.9. The van der Waals surface area contributed by atoms with E-state index in [0.29, 0.717) is 11.1 Å². The highest BCUT2D eigenvalue weighted by Gasteiger charge is 2.17. The Morgan fingerprint density at radius 2 is 0.884 bits per heavy atom. The van der Waals surface area contributed by atoms with Crippen molar-refractivity contribution in [2.45, 2.75) is 0 Å². The number of para-hydroxylation sites is 2. The highest BCUT2D eigenvalue weighted by molar-refractivity contribution is 6.09. The summed E-state index contributed by atoms with van der Waals surface area (Å²) >= 11 is 0. The molecule has 4 heteroatoms. The lowest BCUT2D eigenvalue weighted by atomic mass is 10.0. The molecule has 0 radical (unpaired) electrons. The van der Waals surface area contributed by atoms with E-state index in [1.165, 1.54) is 10.6 Å². The van der Waals surface area contributed by atoms with Gasteiger partial charge in [0.25, 0.3) is 0 Å². The average Bonchev–Trinajstić information content (AvgIpc) is 3.63. The van der Waals surface area contributed by atoms with Crippen molar-refractivity contribution in [1.82, 2.24) is 19.5 Å². The summed E-state index contributed by atoms with van der Waals surface area (Å²) in [6, 6.07) is 1.48. The van der Waals surface area contributed by atoms with E-state index < -0.39 is 132 Å². The molecule has 6 aromatic carbocycles. The molecule has 2 heterocycles. The molecule has 0 N–H and O–H groups in total. The van der Waals surface area contributed by atoms with Crippen LogP contribution < -0.4 is 0 Å². The molecular formula is C39H26N4. The van der Waals surface area contributed by atoms with Crippen LogP contribution in [-0.4, -0.2) is 19.5 Å². The highest BCUT2D eigenvalue weighted by atomic mass is 15.0. The van der Waals surface area contributed by atoms with Crippen molar-refractivity contribution in [3.05, 3.63) is 157 Å². The van der Waals surface area contributed by atoms with Crippen LogP contribution in [-0.2, 0) is 0 Å². The molecule has 0 aliphatic carbocycles. The molecule has 8 aromatic rings. The van der Waals surface area contributed by atoms with Gasteiger partial charge in [0.05, 0.1) is 35.7 Å². The molecule has 0 spiro atoms. The molecule has 0 fully saturated rings. The van der Waals surface area contributed by atoms with Gasteiger partial charge in [-0.3, -0.25) is 0 Å². The molecule has 8 rings (SSSR count). The van der Waals surface area contributed by atoms with Gasteiger partial charge in [-0.1, -0.05) is 127 Å². The summed E-state index contributed by atoms with van der Waals surface area (Å²) in [6.45, 7) is 0. The smallest absolute Gasteiger partial charge is 0.164 e. The van der Waals surface area contributed by atoms with Crippen LogP contribution in [0, 0.1) is 0 Å². The molecule has 0 aliphatic rings. The van der Waals surface area contributed by atoms with E-state index >= 15 is 0 Å². The van der Waals surface area contributed by atoms with Gasteiger partial charge in [0.1, 0.15) is 0 Å². The Hall–Kier alpha value is -5.87. The summed E-state index contributed by atoms with van der Waals surface area (Å²) in [6.07, 6.45) is 0. The fourth-order valence-corrected chi connectivity index (χ4v) is 4.80. The van der Waals surface area contributed by atoms with Crippen molar-refractivity contribution in [2.24, 2.45) is 0 Å².